The van der Waals surface area contributed by atoms with E-state index in [1.807, 2.05) is 4.90 Å². The zero-order valence-corrected chi connectivity index (χ0v) is 14.6. The number of rotatable bonds is 4. The third kappa shape index (κ3) is 3.76. The van der Waals surface area contributed by atoms with Crippen LogP contribution in [0.2, 0.25) is 0 Å². The number of piperazine rings is 1. The molecule has 1 saturated heterocycles. The van der Waals surface area contributed by atoms with Gasteiger partial charge in [0, 0.05) is 44.1 Å². The lowest BCUT2D eigenvalue weighted by Crippen LogP contribution is -2.51. The number of aromatic nitrogens is 2. The second-order valence-corrected chi connectivity index (χ2v) is 6.17. The number of hydrogen-bond donors (Lipinski definition) is 1. The molecule has 0 spiro atoms. The van der Waals surface area contributed by atoms with Crippen LogP contribution in [0.25, 0.3) is 0 Å². The summed E-state index contributed by atoms with van der Waals surface area (Å²) >= 11 is 0. The van der Waals surface area contributed by atoms with Crippen molar-refractivity contribution in [2.45, 2.75) is 0 Å². The Morgan fingerprint density at radius 3 is 2.56 bits per heavy atom. The van der Waals surface area contributed by atoms with Crippen molar-refractivity contribution in [2.24, 2.45) is 0 Å². The zero-order valence-electron chi connectivity index (χ0n) is 14.6. The van der Waals surface area contributed by atoms with Crippen LogP contribution in [0.15, 0.2) is 36.7 Å². The van der Waals surface area contributed by atoms with Crippen LogP contribution in [-0.4, -0.2) is 66.2 Å². The van der Waals surface area contributed by atoms with Crippen LogP contribution in [0.1, 0.15) is 10.4 Å². The highest BCUT2D eigenvalue weighted by Crippen LogP contribution is 2.32. The van der Waals surface area contributed by atoms with Crippen LogP contribution in [0.5, 0.6) is 11.5 Å². The minimum Gasteiger partial charge on any atom is -0.454 e. The largest absolute Gasteiger partial charge is 0.454 e. The molecule has 2 aliphatic rings. The highest BCUT2D eigenvalue weighted by atomic mass is 16.7. The van der Waals surface area contributed by atoms with Gasteiger partial charge in [0.1, 0.15) is 0 Å². The van der Waals surface area contributed by atoms with Crippen LogP contribution in [-0.2, 0) is 4.79 Å². The van der Waals surface area contributed by atoms with Crippen LogP contribution >= 0.6 is 0 Å². The minimum absolute atomic E-state index is 0.0465. The molecule has 1 aromatic heterocycles. The standard InChI is InChI=1S/C18H19N5O4/c24-16(22-6-8-23(9-7-22)18-19-4-1-5-20-18)11-21-17(25)13-2-3-14-15(10-13)27-12-26-14/h1-5,10H,6-9,11-12H2,(H,21,25). The summed E-state index contributed by atoms with van der Waals surface area (Å²) in [4.78, 5) is 36.9. The Morgan fingerprint density at radius 2 is 1.78 bits per heavy atom. The van der Waals surface area contributed by atoms with Crippen molar-refractivity contribution in [1.82, 2.24) is 20.2 Å². The summed E-state index contributed by atoms with van der Waals surface area (Å²) in [5.41, 5.74) is 0.429. The number of ether oxygens (including phenoxy) is 2. The number of carbonyl (C=O) groups is 2. The van der Waals surface area contributed by atoms with E-state index in [-0.39, 0.29) is 25.2 Å². The van der Waals surface area contributed by atoms with Gasteiger partial charge in [-0.25, -0.2) is 9.97 Å². The summed E-state index contributed by atoms with van der Waals surface area (Å²) in [6.45, 7) is 2.56. The number of carbonyl (C=O) groups excluding carboxylic acids is 2. The summed E-state index contributed by atoms with van der Waals surface area (Å²) in [5.74, 6) is 1.38. The average molecular weight is 369 g/mol. The maximum absolute atomic E-state index is 12.4. The van der Waals surface area contributed by atoms with Crippen molar-refractivity contribution < 1.29 is 19.1 Å². The molecule has 27 heavy (non-hydrogen) atoms. The van der Waals surface area contributed by atoms with E-state index in [9.17, 15) is 9.59 Å². The predicted molar refractivity (Wildman–Crippen MR) is 95.7 cm³/mol. The van der Waals surface area contributed by atoms with E-state index in [1.165, 1.54) is 0 Å². The highest BCUT2D eigenvalue weighted by molar-refractivity contribution is 5.97. The Balaban J connectivity index is 1.27. The second-order valence-electron chi connectivity index (χ2n) is 6.17. The van der Waals surface area contributed by atoms with Crippen molar-refractivity contribution in [3.05, 3.63) is 42.2 Å². The van der Waals surface area contributed by atoms with Crippen molar-refractivity contribution in [3.63, 3.8) is 0 Å². The molecule has 0 radical (unpaired) electrons. The second kappa shape index (κ2) is 7.48. The lowest BCUT2D eigenvalue weighted by molar-refractivity contribution is -0.130. The third-order valence-electron chi connectivity index (χ3n) is 4.50. The summed E-state index contributed by atoms with van der Waals surface area (Å²) in [6.07, 6.45) is 3.40. The van der Waals surface area contributed by atoms with Gasteiger partial charge in [0.2, 0.25) is 18.6 Å². The molecule has 0 bridgehead atoms. The van der Waals surface area contributed by atoms with Crippen molar-refractivity contribution in [2.75, 3.05) is 44.4 Å². The van der Waals surface area contributed by atoms with Crippen LogP contribution in [0.3, 0.4) is 0 Å². The van der Waals surface area contributed by atoms with Gasteiger partial charge in [-0.05, 0) is 24.3 Å². The molecule has 1 aromatic carbocycles. The van der Waals surface area contributed by atoms with Crippen molar-refractivity contribution in [3.8, 4) is 11.5 Å². The van der Waals surface area contributed by atoms with Crippen LogP contribution in [0, 0.1) is 0 Å². The zero-order chi connectivity index (χ0) is 18.6. The van der Waals surface area contributed by atoms with E-state index >= 15 is 0 Å². The number of nitrogens with zero attached hydrogens (tertiary/aromatic N) is 4. The third-order valence-corrected chi connectivity index (χ3v) is 4.50. The predicted octanol–water partition coefficient (Wildman–Crippen LogP) is 0.284. The van der Waals surface area contributed by atoms with E-state index in [0.29, 0.717) is 49.2 Å². The quantitative estimate of drug-likeness (QED) is 0.827. The Hall–Kier alpha value is -3.36. The molecule has 2 aliphatic heterocycles. The smallest absolute Gasteiger partial charge is 0.251 e. The molecule has 0 saturated carbocycles. The number of anilines is 1. The first-order valence-corrected chi connectivity index (χ1v) is 8.68. The van der Waals surface area contributed by atoms with Gasteiger partial charge in [-0.3, -0.25) is 9.59 Å². The number of benzene rings is 1. The van der Waals surface area contributed by atoms with Crippen molar-refractivity contribution in [1.29, 1.82) is 0 Å². The molecule has 3 heterocycles. The van der Waals surface area contributed by atoms with Gasteiger partial charge in [-0.15, -0.1) is 0 Å². The summed E-state index contributed by atoms with van der Waals surface area (Å²) in [6, 6.07) is 6.71. The topological polar surface area (TPSA) is 96.9 Å². The van der Waals surface area contributed by atoms with Crippen LogP contribution in [0.4, 0.5) is 5.95 Å². The molecule has 9 heteroatoms. The Bertz CT molecular complexity index is 837. The molecular weight excluding hydrogens is 350 g/mol. The minimum atomic E-state index is -0.321. The fourth-order valence-corrected chi connectivity index (χ4v) is 3.02. The maximum Gasteiger partial charge on any atom is 0.251 e. The molecule has 2 amide bonds. The lowest BCUT2D eigenvalue weighted by Gasteiger charge is -2.34. The van der Waals surface area contributed by atoms with Crippen LogP contribution < -0.4 is 19.7 Å². The number of amides is 2. The van der Waals surface area contributed by atoms with Gasteiger partial charge in [0.15, 0.2) is 11.5 Å². The Labute approximate surface area is 155 Å². The molecular formula is C18H19N5O4. The van der Waals surface area contributed by atoms with E-state index in [0.717, 1.165) is 0 Å². The normalized spacial score (nSPS) is 15.6. The molecule has 140 valence electrons. The summed E-state index contributed by atoms with van der Waals surface area (Å²) < 4.78 is 10.5. The number of fused-ring (bicyclic) bond motifs is 1. The van der Waals surface area contributed by atoms with E-state index in [1.54, 1.807) is 41.6 Å². The van der Waals surface area contributed by atoms with Gasteiger partial charge in [0.05, 0.1) is 6.54 Å². The fraction of sp³-hybridized carbons (Fsp3) is 0.333. The van der Waals surface area contributed by atoms with Gasteiger partial charge in [0.25, 0.3) is 5.91 Å². The lowest BCUT2D eigenvalue weighted by atomic mass is 10.2. The van der Waals surface area contributed by atoms with Gasteiger partial charge in [-0.2, -0.15) is 0 Å². The summed E-state index contributed by atoms with van der Waals surface area (Å²) in [5, 5.41) is 2.67. The molecule has 0 unspecified atom stereocenters. The SMILES string of the molecule is O=C(NCC(=O)N1CCN(c2ncccn2)CC1)c1ccc2c(c1)OCO2. The maximum atomic E-state index is 12.4. The van der Waals surface area contributed by atoms with E-state index < -0.39 is 0 Å². The van der Waals surface area contributed by atoms with E-state index in [4.69, 9.17) is 9.47 Å². The van der Waals surface area contributed by atoms with E-state index in [2.05, 4.69) is 15.3 Å². The fourth-order valence-electron chi connectivity index (χ4n) is 3.02. The Kier molecular flexibility index (Phi) is 4.73. The first-order valence-electron chi connectivity index (χ1n) is 8.68. The van der Waals surface area contributed by atoms with Gasteiger partial charge < -0.3 is 24.6 Å². The molecule has 2 aromatic rings. The monoisotopic (exact) mass is 369 g/mol. The molecule has 1 fully saturated rings. The Morgan fingerprint density at radius 1 is 1.04 bits per heavy atom. The molecule has 9 nitrogen and oxygen atoms in total. The first-order chi connectivity index (χ1) is 13.2. The summed E-state index contributed by atoms with van der Waals surface area (Å²) in [7, 11) is 0. The number of nitrogens with one attached hydrogen (secondary N) is 1. The highest BCUT2D eigenvalue weighted by Gasteiger charge is 2.23. The van der Waals surface area contributed by atoms with Gasteiger partial charge in [-0.1, -0.05) is 0 Å². The average Bonchev–Trinajstić information content (AvgIpc) is 3.20. The molecule has 4 rings (SSSR count). The molecule has 1 N–H and O–H groups in total. The van der Waals surface area contributed by atoms with Crippen molar-refractivity contribution >= 4 is 17.8 Å². The molecule has 0 aliphatic carbocycles. The number of hydrogen-bond acceptors (Lipinski definition) is 7. The van der Waals surface area contributed by atoms with Gasteiger partial charge >= 0.3 is 0 Å². The molecule has 0 atom stereocenters. The first kappa shape index (κ1) is 17.1.